The van der Waals surface area contributed by atoms with Gasteiger partial charge in [0.1, 0.15) is 18.0 Å². The predicted octanol–water partition coefficient (Wildman–Crippen LogP) is 0.215. The highest BCUT2D eigenvalue weighted by molar-refractivity contribution is 5.96. The first-order chi connectivity index (χ1) is 7.52. The maximum absolute atomic E-state index is 11.4. The molecule has 0 aliphatic heterocycles. The van der Waals surface area contributed by atoms with Gasteiger partial charge in [0.25, 0.3) is 5.91 Å². The molecule has 0 heterocycles. The average Bonchev–Trinajstić information content (AvgIpc) is 2.24. The topological polar surface area (TPSA) is 95.9 Å². The van der Waals surface area contributed by atoms with Gasteiger partial charge in [0, 0.05) is 11.6 Å². The van der Waals surface area contributed by atoms with Crippen molar-refractivity contribution in [3.8, 4) is 11.5 Å². The summed E-state index contributed by atoms with van der Waals surface area (Å²) >= 11 is 0. The fraction of sp³-hybridized carbons (Fsp3) is 0.200. The van der Waals surface area contributed by atoms with Gasteiger partial charge in [0.05, 0.1) is 7.11 Å². The molecule has 6 nitrogen and oxygen atoms in total. The minimum Gasteiger partial charge on any atom is -0.508 e. The van der Waals surface area contributed by atoms with Gasteiger partial charge in [0.15, 0.2) is 0 Å². The van der Waals surface area contributed by atoms with Crippen molar-refractivity contribution >= 4 is 11.9 Å². The Hall–Kier alpha value is -2.24. The van der Waals surface area contributed by atoms with Gasteiger partial charge in [0.2, 0.25) is 0 Å². The van der Waals surface area contributed by atoms with E-state index >= 15 is 0 Å². The zero-order valence-corrected chi connectivity index (χ0v) is 8.56. The molecule has 86 valence electrons. The highest BCUT2D eigenvalue weighted by atomic mass is 16.5. The molecule has 6 heteroatoms. The first-order valence-corrected chi connectivity index (χ1v) is 4.41. The van der Waals surface area contributed by atoms with Crippen LogP contribution in [-0.4, -0.2) is 35.7 Å². The summed E-state index contributed by atoms with van der Waals surface area (Å²) < 4.78 is 4.86. The van der Waals surface area contributed by atoms with Crippen molar-refractivity contribution in [3.63, 3.8) is 0 Å². The molecule has 1 aromatic carbocycles. The van der Waals surface area contributed by atoms with Crippen LogP contribution < -0.4 is 10.1 Å². The Labute approximate surface area is 91.5 Å². The zero-order valence-electron chi connectivity index (χ0n) is 8.56. The number of carboxylic acids is 1. The van der Waals surface area contributed by atoms with E-state index in [9.17, 15) is 14.7 Å². The van der Waals surface area contributed by atoms with Gasteiger partial charge in [-0.2, -0.15) is 0 Å². The SMILES string of the molecule is COc1cc(O)cc(C(=O)NCC(=O)O)c1. The molecule has 0 bridgehead atoms. The lowest BCUT2D eigenvalue weighted by molar-refractivity contribution is -0.135. The number of carbonyl (C=O) groups excluding carboxylic acids is 1. The van der Waals surface area contributed by atoms with Gasteiger partial charge >= 0.3 is 5.97 Å². The molecule has 0 saturated heterocycles. The normalized spacial score (nSPS) is 9.56. The number of phenols is 1. The van der Waals surface area contributed by atoms with E-state index in [1.807, 2.05) is 0 Å². The molecule has 0 aromatic heterocycles. The number of methoxy groups -OCH3 is 1. The van der Waals surface area contributed by atoms with E-state index in [2.05, 4.69) is 5.32 Å². The largest absolute Gasteiger partial charge is 0.508 e. The lowest BCUT2D eigenvalue weighted by Crippen LogP contribution is -2.29. The standard InChI is InChI=1S/C10H11NO5/c1-16-8-3-6(2-7(12)4-8)10(15)11-5-9(13)14/h2-4,12H,5H2,1H3,(H,11,15)(H,13,14). The molecule has 16 heavy (non-hydrogen) atoms. The number of ether oxygens (including phenoxy) is 1. The Morgan fingerprint density at radius 2 is 2.06 bits per heavy atom. The predicted molar refractivity (Wildman–Crippen MR) is 54.6 cm³/mol. The molecular formula is C10H11NO5. The van der Waals surface area contributed by atoms with Crippen molar-refractivity contribution in [2.45, 2.75) is 0 Å². The maximum Gasteiger partial charge on any atom is 0.322 e. The molecule has 0 fully saturated rings. The van der Waals surface area contributed by atoms with Crippen molar-refractivity contribution in [3.05, 3.63) is 23.8 Å². The monoisotopic (exact) mass is 225 g/mol. The molecule has 1 rings (SSSR count). The summed E-state index contributed by atoms with van der Waals surface area (Å²) in [6.07, 6.45) is 0. The highest BCUT2D eigenvalue weighted by Gasteiger charge is 2.09. The lowest BCUT2D eigenvalue weighted by Gasteiger charge is -2.05. The molecular weight excluding hydrogens is 214 g/mol. The zero-order chi connectivity index (χ0) is 12.1. The van der Waals surface area contributed by atoms with Gasteiger partial charge in [-0.3, -0.25) is 9.59 Å². The smallest absolute Gasteiger partial charge is 0.322 e. The van der Waals surface area contributed by atoms with Crippen molar-refractivity contribution in [1.82, 2.24) is 5.32 Å². The Morgan fingerprint density at radius 1 is 1.38 bits per heavy atom. The van der Waals surface area contributed by atoms with Crippen LogP contribution in [0.25, 0.3) is 0 Å². The number of amides is 1. The summed E-state index contributed by atoms with van der Waals surface area (Å²) in [6.45, 7) is -0.475. The summed E-state index contributed by atoms with van der Waals surface area (Å²) in [5.74, 6) is -1.53. The van der Waals surface area contributed by atoms with Crippen LogP contribution in [0.15, 0.2) is 18.2 Å². The number of carboxylic acid groups (broad SMARTS) is 1. The molecule has 1 aromatic rings. The first-order valence-electron chi connectivity index (χ1n) is 4.41. The van der Waals surface area contributed by atoms with Crippen molar-refractivity contribution in [2.24, 2.45) is 0 Å². The highest BCUT2D eigenvalue weighted by Crippen LogP contribution is 2.21. The number of hydrogen-bond acceptors (Lipinski definition) is 4. The van der Waals surface area contributed by atoms with E-state index in [0.717, 1.165) is 0 Å². The molecule has 3 N–H and O–H groups in total. The van der Waals surface area contributed by atoms with Gasteiger partial charge in [-0.1, -0.05) is 0 Å². The van der Waals surface area contributed by atoms with Crippen LogP contribution in [0.4, 0.5) is 0 Å². The Morgan fingerprint density at radius 3 is 2.62 bits per heavy atom. The van der Waals surface area contributed by atoms with E-state index in [1.54, 1.807) is 0 Å². The molecule has 0 aliphatic rings. The number of aromatic hydroxyl groups is 1. The van der Waals surface area contributed by atoms with Crippen molar-refractivity contribution in [1.29, 1.82) is 0 Å². The lowest BCUT2D eigenvalue weighted by atomic mass is 10.2. The molecule has 0 spiro atoms. The quantitative estimate of drug-likeness (QED) is 0.681. The van der Waals surface area contributed by atoms with E-state index < -0.39 is 18.4 Å². The second-order valence-corrected chi connectivity index (χ2v) is 3.00. The minimum atomic E-state index is -1.14. The van der Waals surface area contributed by atoms with Gasteiger partial charge in [-0.05, 0) is 12.1 Å². The van der Waals surface area contributed by atoms with Crippen LogP contribution in [0, 0.1) is 0 Å². The number of hydrogen-bond donors (Lipinski definition) is 3. The Bertz CT molecular complexity index is 416. The number of nitrogens with one attached hydrogen (secondary N) is 1. The summed E-state index contributed by atoms with van der Waals surface area (Å²) in [4.78, 5) is 21.7. The van der Waals surface area contributed by atoms with E-state index in [-0.39, 0.29) is 11.3 Å². The van der Waals surface area contributed by atoms with Crippen molar-refractivity contribution in [2.75, 3.05) is 13.7 Å². The molecule has 1 amide bonds. The summed E-state index contributed by atoms with van der Waals surface area (Å²) in [5, 5.41) is 19.8. The fourth-order valence-electron chi connectivity index (χ4n) is 1.09. The van der Waals surface area contributed by atoms with Crippen LogP contribution in [-0.2, 0) is 4.79 Å². The van der Waals surface area contributed by atoms with Gasteiger partial charge in [-0.25, -0.2) is 0 Å². The minimum absolute atomic E-state index is 0.125. The fourth-order valence-corrected chi connectivity index (χ4v) is 1.09. The van der Waals surface area contributed by atoms with Crippen LogP contribution in [0.5, 0.6) is 11.5 Å². The molecule has 0 saturated carbocycles. The van der Waals surface area contributed by atoms with Crippen LogP contribution >= 0.6 is 0 Å². The Balaban J connectivity index is 2.82. The molecule has 0 unspecified atom stereocenters. The third kappa shape index (κ3) is 3.16. The molecule has 0 radical (unpaired) electrons. The Kier molecular flexibility index (Phi) is 3.71. The van der Waals surface area contributed by atoms with Gasteiger partial charge < -0.3 is 20.3 Å². The van der Waals surface area contributed by atoms with Crippen LogP contribution in [0.3, 0.4) is 0 Å². The van der Waals surface area contributed by atoms with Gasteiger partial charge in [-0.15, -0.1) is 0 Å². The summed E-state index contributed by atoms with van der Waals surface area (Å²) in [7, 11) is 1.40. The number of phenolic OH excluding ortho intramolecular Hbond substituents is 1. The maximum atomic E-state index is 11.4. The van der Waals surface area contributed by atoms with Crippen LogP contribution in [0.1, 0.15) is 10.4 Å². The van der Waals surface area contributed by atoms with E-state index in [0.29, 0.717) is 5.75 Å². The average molecular weight is 225 g/mol. The molecule has 0 aliphatic carbocycles. The number of carbonyl (C=O) groups is 2. The van der Waals surface area contributed by atoms with E-state index in [1.165, 1.54) is 25.3 Å². The number of aliphatic carboxylic acids is 1. The first kappa shape index (κ1) is 11.8. The number of rotatable bonds is 4. The van der Waals surface area contributed by atoms with E-state index in [4.69, 9.17) is 9.84 Å². The third-order valence-electron chi connectivity index (χ3n) is 1.79. The van der Waals surface area contributed by atoms with Crippen molar-refractivity contribution < 1.29 is 24.5 Å². The number of benzene rings is 1. The second-order valence-electron chi connectivity index (χ2n) is 3.00. The van der Waals surface area contributed by atoms with Crippen LogP contribution in [0.2, 0.25) is 0 Å². The second kappa shape index (κ2) is 5.01. The third-order valence-corrected chi connectivity index (χ3v) is 1.79. The molecule has 0 atom stereocenters. The summed E-state index contributed by atoms with van der Waals surface area (Å²) in [5.41, 5.74) is 0.137. The summed E-state index contributed by atoms with van der Waals surface area (Å²) in [6, 6.07) is 3.96.